The lowest BCUT2D eigenvalue weighted by atomic mass is 10.2. The Morgan fingerprint density at radius 3 is 2.90 bits per heavy atom. The van der Waals surface area contributed by atoms with Gasteiger partial charge in [0.2, 0.25) is 12.7 Å². The van der Waals surface area contributed by atoms with E-state index in [2.05, 4.69) is 15.5 Å². The quantitative estimate of drug-likeness (QED) is 0.846. The normalized spacial score (nSPS) is 18.0. The summed E-state index contributed by atoms with van der Waals surface area (Å²) in [5, 5.41) is 6.19. The fourth-order valence-electron chi connectivity index (χ4n) is 2.39. The van der Waals surface area contributed by atoms with Gasteiger partial charge in [-0.15, -0.1) is 0 Å². The van der Waals surface area contributed by atoms with Gasteiger partial charge in [-0.25, -0.2) is 0 Å². The molecule has 0 saturated carbocycles. The lowest BCUT2D eigenvalue weighted by Gasteiger charge is -2.26. The average Bonchev–Trinajstić information content (AvgIpc) is 2.94. The van der Waals surface area contributed by atoms with Gasteiger partial charge >= 0.3 is 0 Å². The van der Waals surface area contributed by atoms with Gasteiger partial charge in [0, 0.05) is 50.9 Å². The Morgan fingerprint density at radius 1 is 1.25 bits per heavy atom. The van der Waals surface area contributed by atoms with E-state index in [1.807, 2.05) is 12.1 Å². The Hall–Kier alpha value is -1.79. The zero-order chi connectivity index (χ0) is 13.8. The van der Waals surface area contributed by atoms with Gasteiger partial charge in [0.1, 0.15) is 0 Å². The molecule has 2 heterocycles. The summed E-state index contributed by atoms with van der Waals surface area (Å²) in [5.41, 5.74) is 0.750. The highest BCUT2D eigenvalue weighted by molar-refractivity contribution is 5.91. The molecular weight excluding hydrogens is 258 g/mol. The fraction of sp³-hybridized carbons (Fsp3) is 0.500. The van der Waals surface area contributed by atoms with E-state index in [0.29, 0.717) is 12.2 Å². The smallest absolute Gasteiger partial charge is 0.231 e. The van der Waals surface area contributed by atoms with Crippen molar-refractivity contribution >= 4 is 11.6 Å². The van der Waals surface area contributed by atoms with E-state index in [9.17, 15) is 4.79 Å². The Balaban J connectivity index is 1.48. The molecule has 2 N–H and O–H groups in total. The molecule has 2 aliphatic heterocycles. The van der Waals surface area contributed by atoms with Crippen LogP contribution in [0.1, 0.15) is 6.42 Å². The number of piperazine rings is 1. The number of anilines is 1. The standard InChI is InChI=1S/C14H19N3O3/c18-14(3-6-17-7-4-15-5-8-17)16-11-1-2-12-13(9-11)20-10-19-12/h1-2,9,15H,3-8,10H2,(H,16,18). The van der Waals surface area contributed by atoms with Crippen LogP contribution in [0, 0.1) is 0 Å². The van der Waals surface area contributed by atoms with Crippen LogP contribution in [0.2, 0.25) is 0 Å². The first-order chi connectivity index (χ1) is 9.81. The van der Waals surface area contributed by atoms with Gasteiger partial charge in [0.05, 0.1) is 0 Å². The van der Waals surface area contributed by atoms with Crippen LogP contribution in [0.4, 0.5) is 5.69 Å². The van der Waals surface area contributed by atoms with Crippen LogP contribution in [0.25, 0.3) is 0 Å². The summed E-state index contributed by atoms with van der Waals surface area (Å²) in [7, 11) is 0. The van der Waals surface area contributed by atoms with Crippen LogP contribution in [0.5, 0.6) is 11.5 Å². The third kappa shape index (κ3) is 3.20. The van der Waals surface area contributed by atoms with E-state index in [1.165, 1.54) is 0 Å². The van der Waals surface area contributed by atoms with Gasteiger partial charge in [-0.1, -0.05) is 0 Å². The lowest BCUT2D eigenvalue weighted by Crippen LogP contribution is -2.44. The van der Waals surface area contributed by atoms with Crippen molar-refractivity contribution in [2.75, 3.05) is 44.8 Å². The van der Waals surface area contributed by atoms with Crippen LogP contribution >= 0.6 is 0 Å². The third-order valence-corrected chi connectivity index (χ3v) is 3.52. The van der Waals surface area contributed by atoms with Gasteiger partial charge in [0.15, 0.2) is 11.5 Å². The molecule has 0 bridgehead atoms. The summed E-state index contributed by atoms with van der Waals surface area (Å²) in [6.07, 6.45) is 0.508. The van der Waals surface area contributed by atoms with E-state index < -0.39 is 0 Å². The largest absolute Gasteiger partial charge is 0.454 e. The summed E-state index contributed by atoms with van der Waals surface area (Å²) in [6.45, 7) is 5.08. The van der Waals surface area contributed by atoms with E-state index in [4.69, 9.17) is 9.47 Å². The minimum atomic E-state index is 0.0300. The number of ether oxygens (including phenoxy) is 2. The van der Waals surface area contributed by atoms with Crippen molar-refractivity contribution in [2.45, 2.75) is 6.42 Å². The number of carbonyl (C=O) groups is 1. The molecule has 0 atom stereocenters. The first kappa shape index (κ1) is 13.2. The van der Waals surface area contributed by atoms with Crippen LogP contribution in [-0.4, -0.2) is 50.3 Å². The zero-order valence-corrected chi connectivity index (χ0v) is 11.4. The molecule has 1 fully saturated rings. The average molecular weight is 277 g/mol. The second-order valence-corrected chi connectivity index (χ2v) is 4.96. The zero-order valence-electron chi connectivity index (χ0n) is 11.4. The molecule has 3 rings (SSSR count). The highest BCUT2D eigenvalue weighted by Crippen LogP contribution is 2.34. The van der Waals surface area contributed by atoms with Crippen molar-refractivity contribution in [3.8, 4) is 11.5 Å². The molecule has 0 radical (unpaired) electrons. The number of nitrogens with one attached hydrogen (secondary N) is 2. The van der Waals surface area contributed by atoms with Gasteiger partial charge in [0.25, 0.3) is 0 Å². The summed E-state index contributed by atoms with van der Waals surface area (Å²) in [6, 6.07) is 5.44. The molecule has 0 unspecified atom stereocenters. The Bertz CT molecular complexity index is 487. The van der Waals surface area contributed by atoms with Crippen molar-refractivity contribution in [1.82, 2.24) is 10.2 Å². The summed E-state index contributed by atoms with van der Waals surface area (Å²) >= 11 is 0. The second kappa shape index (κ2) is 6.11. The highest BCUT2D eigenvalue weighted by Gasteiger charge is 2.15. The molecule has 6 heteroatoms. The predicted molar refractivity (Wildman–Crippen MR) is 75.1 cm³/mol. The Kier molecular flexibility index (Phi) is 4.03. The summed E-state index contributed by atoms with van der Waals surface area (Å²) < 4.78 is 10.5. The maximum absolute atomic E-state index is 11.9. The van der Waals surface area contributed by atoms with Crippen molar-refractivity contribution in [2.24, 2.45) is 0 Å². The monoisotopic (exact) mass is 277 g/mol. The molecule has 1 aromatic carbocycles. The first-order valence-corrected chi connectivity index (χ1v) is 6.94. The highest BCUT2D eigenvalue weighted by atomic mass is 16.7. The van der Waals surface area contributed by atoms with Crippen molar-refractivity contribution in [1.29, 1.82) is 0 Å². The van der Waals surface area contributed by atoms with Gasteiger partial charge in [-0.3, -0.25) is 4.79 Å². The van der Waals surface area contributed by atoms with Crippen molar-refractivity contribution in [3.05, 3.63) is 18.2 Å². The summed E-state index contributed by atoms with van der Waals surface area (Å²) in [5.74, 6) is 1.44. The second-order valence-electron chi connectivity index (χ2n) is 4.96. The van der Waals surface area contributed by atoms with Gasteiger partial charge < -0.3 is 25.0 Å². The number of benzene rings is 1. The number of nitrogens with zero attached hydrogens (tertiary/aromatic N) is 1. The topological polar surface area (TPSA) is 62.8 Å². The summed E-state index contributed by atoms with van der Waals surface area (Å²) in [4.78, 5) is 14.2. The molecular formula is C14H19N3O3. The maximum Gasteiger partial charge on any atom is 0.231 e. The molecule has 2 aliphatic rings. The van der Waals surface area contributed by atoms with Crippen LogP contribution in [0.3, 0.4) is 0 Å². The van der Waals surface area contributed by atoms with Crippen molar-refractivity contribution in [3.63, 3.8) is 0 Å². The van der Waals surface area contributed by atoms with Crippen molar-refractivity contribution < 1.29 is 14.3 Å². The number of hydrogen-bond donors (Lipinski definition) is 2. The molecule has 1 amide bonds. The minimum Gasteiger partial charge on any atom is -0.454 e. The van der Waals surface area contributed by atoms with E-state index in [1.54, 1.807) is 6.07 Å². The minimum absolute atomic E-state index is 0.0300. The Morgan fingerprint density at radius 2 is 2.05 bits per heavy atom. The SMILES string of the molecule is O=C(CCN1CCNCC1)Nc1ccc2c(c1)OCO2. The number of amides is 1. The predicted octanol–water partition coefficient (Wildman–Crippen LogP) is 0.649. The first-order valence-electron chi connectivity index (χ1n) is 6.94. The third-order valence-electron chi connectivity index (χ3n) is 3.52. The van der Waals surface area contributed by atoms with Crippen LogP contribution < -0.4 is 20.1 Å². The molecule has 6 nitrogen and oxygen atoms in total. The number of hydrogen-bond acceptors (Lipinski definition) is 5. The number of fused-ring (bicyclic) bond motifs is 1. The molecule has 0 aliphatic carbocycles. The van der Waals surface area contributed by atoms with Gasteiger partial charge in [-0.05, 0) is 12.1 Å². The molecule has 1 saturated heterocycles. The van der Waals surface area contributed by atoms with Gasteiger partial charge in [-0.2, -0.15) is 0 Å². The Labute approximate surface area is 118 Å². The molecule has 20 heavy (non-hydrogen) atoms. The van der Waals surface area contributed by atoms with E-state index >= 15 is 0 Å². The van der Waals surface area contributed by atoms with Crippen LogP contribution in [0.15, 0.2) is 18.2 Å². The van der Waals surface area contributed by atoms with E-state index in [-0.39, 0.29) is 12.7 Å². The maximum atomic E-state index is 11.9. The molecule has 0 aromatic heterocycles. The van der Waals surface area contributed by atoms with Crippen LogP contribution in [-0.2, 0) is 4.79 Å². The molecule has 1 aromatic rings. The number of rotatable bonds is 4. The lowest BCUT2D eigenvalue weighted by molar-refractivity contribution is -0.116. The van der Waals surface area contributed by atoms with E-state index in [0.717, 1.165) is 44.2 Å². The number of carbonyl (C=O) groups excluding carboxylic acids is 1. The fourth-order valence-corrected chi connectivity index (χ4v) is 2.39. The molecule has 0 spiro atoms. The molecule has 108 valence electrons.